The Kier molecular flexibility index (Phi) is 42.1. The number of carbonyl (C=O) groups is 1. The van der Waals surface area contributed by atoms with E-state index >= 15 is 0 Å². The molecule has 0 saturated carbocycles. The zero-order valence-corrected chi connectivity index (χ0v) is 43.4. The van der Waals surface area contributed by atoms with E-state index in [1.807, 2.05) is 0 Å². The third-order valence-electron chi connectivity index (χ3n) is 13.7. The second-order valence-corrected chi connectivity index (χ2v) is 20.9. The van der Waals surface area contributed by atoms with E-state index < -0.39 is 59.9 Å². The molecular weight excluding hydrogens is 859 g/mol. The Balaban J connectivity index is 2.29. The molecule has 1 aliphatic heterocycles. The van der Waals surface area contributed by atoms with Gasteiger partial charge in [0.1, 0.15) is 24.4 Å². The highest BCUT2D eigenvalue weighted by molar-refractivity contribution is 7.80. The van der Waals surface area contributed by atoms with Crippen molar-refractivity contribution < 1.29 is 51.8 Å². The quantitative estimate of drug-likeness (QED) is 0.0251. The molecule has 1 heterocycles. The van der Waals surface area contributed by atoms with Crippen LogP contribution in [-0.2, 0) is 28.9 Å². The molecule has 1 saturated heterocycles. The van der Waals surface area contributed by atoms with Crippen molar-refractivity contribution in [3.63, 3.8) is 0 Å². The molecule has 0 bridgehead atoms. The number of aliphatic hydroxyl groups excluding tert-OH is 4. The number of hydrogen-bond acceptors (Lipinski definition) is 10. The van der Waals surface area contributed by atoms with Gasteiger partial charge in [0, 0.05) is 6.42 Å². The molecule has 0 aliphatic carbocycles. The summed E-state index contributed by atoms with van der Waals surface area (Å²) in [5.74, 6) is -0.223. The van der Waals surface area contributed by atoms with E-state index in [1.165, 1.54) is 199 Å². The molecule has 1 amide bonds. The van der Waals surface area contributed by atoms with Crippen molar-refractivity contribution in [1.29, 1.82) is 0 Å². The fraction of sp³-hybridized carbons (Fsp3) is 0.981. The van der Waals surface area contributed by atoms with E-state index in [2.05, 4.69) is 23.3 Å². The first-order valence-corrected chi connectivity index (χ1v) is 29.3. The van der Waals surface area contributed by atoms with E-state index in [1.54, 1.807) is 0 Å². The summed E-state index contributed by atoms with van der Waals surface area (Å²) < 4.78 is 47.8. The first kappa shape index (κ1) is 63.1. The summed E-state index contributed by atoms with van der Waals surface area (Å²) >= 11 is 0. The number of nitrogens with one attached hydrogen (secondary N) is 1. The minimum Gasteiger partial charge on any atom is -0.394 e. The number of ether oxygens (including phenoxy) is 2. The van der Waals surface area contributed by atoms with Crippen LogP contribution in [0.2, 0.25) is 0 Å². The van der Waals surface area contributed by atoms with Crippen molar-refractivity contribution in [3.8, 4) is 0 Å². The third kappa shape index (κ3) is 36.1. The van der Waals surface area contributed by atoms with Gasteiger partial charge in [-0.1, -0.05) is 258 Å². The molecule has 0 aromatic rings. The normalized spacial score (nSPS) is 19.9. The van der Waals surface area contributed by atoms with Gasteiger partial charge in [0.2, 0.25) is 5.91 Å². The van der Waals surface area contributed by atoms with Crippen LogP contribution in [0.5, 0.6) is 0 Å². The highest BCUT2D eigenvalue weighted by atomic mass is 32.3. The average molecular weight is 964 g/mol. The van der Waals surface area contributed by atoms with Crippen molar-refractivity contribution in [2.45, 2.75) is 320 Å². The zero-order chi connectivity index (χ0) is 48.4. The van der Waals surface area contributed by atoms with Crippen LogP contribution >= 0.6 is 0 Å². The molecule has 1 aliphatic rings. The van der Waals surface area contributed by atoms with Gasteiger partial charge in [-0.15, -0.1) is 0 Å². The van der Waals surface area contributed by atoms with Gasteiger partial charge in [0.15, 0.2) is 6.29 Å². The van der Waals surface area contributed by atoms with Crippen molar-refractivity contribution in [2.24, 2.45) is 0 Å². The van der Waals surface area contributed by atoms with Crippen LogP contribution in [0.1, 0.15) is 277 Å². The van der Waals surface area contributed by atoms with Gasteiger partial charge in [-0.25, -0.2) is 4.18 Å². The average Bonchev–Trinajstić information content (AvgIpc) is 3.29. The van der Waals surface area contributed by atoms with E-state index in [0.717, 1.165) is 51.4 Å². The fourth-order valence-corrected chi connectivity index (χ4v) is 9.85. The summed E-state index contributed by atoms with van der Waals surface area (Å²) in [5.41, 5.74) is 0. The van der Waals surface area contributed by atoms with Gasteiger partial charge in [0.25, 0.3) is 0 Å². The number of aliphatic hydroxyl groups is 4. The highest BCUT2D eigenvalue weighted by Crippen LogP contribution is 2.26. The standard InChI is InChI=1S/C53H105NO11S/c1-3-5-7-9-11-13-15-17-18-19-20-21-22-23-24-25-26-27-28-29-31-33-35-37-39-41-43-49(57)54-46(47(56)42-40-38-36-34-32-30-16-14-12-10-8-6-4-2)45-63-53-51(59)52(65-66(60,61)62)50(58)48(44-55)64-53/h46-48,50-53,55-56,58-59H,3-45H2,1-2H3,(H,54,57)(H,60,61,62). The van der Waals surface area contributed by atoms with Crippen LogP contribution < -0.4 is 5.32 Å². The smallest absolute Gasteiger partial charge is 0.394 e. The van der Waals surface area contributed by atoms with E-state index in [9.17, 15) is 38.2 Å². The van der Waals surface area contributed by atoms with Crippen LogP contribution in [0.25, 0.3) is 0 Å². The molecule has 0 aromatic carbocycles. The van der Waals surface area contributed by atoms with Crippen LogP contribution in [0.3, 0.4) is 0 Å². The summed E-state index contributed by atoms with van der Waals surface area (Å²) in [6, 6.07) is -0.852. The summed E-state index contributed by atoms with van der Waals surface area (Å²) in [5, 5.41) is 45.0. The van der Waals surface area contributed by atoms with E-state index in [-0.39, 0.29) is 12.5 Å². The molecule has 7 atom stereocenters. The molecule has 1 rings (SSSR count). The summed E-state index contributed by atoms with van der Waals surface area (Å²) in [7, 11) is -5.07. The molecule has 12 nitrogen and oxygen atoms in total. The Hall–Kier alpha value is -0.900. The van der Waals surface area contributed by atoms with E-state index in [0.29, 0.717) is 12.8 Å². The first-order valence-electron chi connectivity index (χ1n) is 27.9. The summed E-state index contributed by atoms with van der Waals surface area (Å²) in [6.45, 7) is 3.48. The van der Waals surface area contributed by atoms with Gasteiger partial charge >= 0.3 is 10.4 Å². The Morgan fingerprint density at radius 3 is 1.21 bits per heavy atom. The maximum absolute atomic E-state index is 13.1. The second kappa shape index (κ2) is 44.1. The minimum atomic E-state index is -5.07. The largest absolute Gasteiger partial charge is 0.397 e. The monoisotopic (exact) mass is 964 g/mol. The molecule has 66 heavy (non-hydrogen) atoms. The van der Waals surface area contributed by atoms with Crippen molar-refractivity contribution in [2.75, 3.05) is 13.2 Å². The minimum absolute atomic E-state index is 0.223. The molecule has 0 spiro atoms. The molecule has 7 unspecified atom stereocenters. The Morgan fingerprint density at radius 2 is 0.879 bits per heavy atom. The first-order chi connectivity index (χ1) is 32.0. The van der Waals surface area contributed by atoms with Gasteiger partial charge < -0.3 is 35.2 Å². The highest BCUT2D eigenvalue weighted by Gasteiger charge is 2.48. The lowest BCUT2D eigenvalue weighted by molar-refractivity contribution is -0.298. The van der Waals surface area contributed by atoms with Crippen LogP contribution in [0.15, 0.2) is 0 Å². The summed E-state index contributed by atoms with van der Waals surface area (Å²) in [6.07, 6.45) is 41.2. The predicted octanol–water partition coefficient (Wildman–Crippen LogP) is 12.5. The lowest BCUT2D eigenvalue weighted by Gasteiger charge is -2.41. The van der Waals surface area contributed by atoms with Gasteiger partial charge in [0.05, 0.1) is 25.4 Å². The Labute approximate surface area is 405 Å². The van der Waals surface area contributed by atoms with E-state index in [4.69, 9.17) is 9.47 Å². The number of unbranched alkanes of at least 4 members (excludes halogenated alkanes) is 37. The maximum Gasteiger partial charge on any atom is 0.397 e. The lowest BCUT2D eigenvalue weighted by atomic mass is 9.99. The summed E-state index contributed by atoms with van der Waals surface area (Å²) in [4.78, 5) is 13.1. The number of rotatable bonds is 49. The molecule has 394 valence electrons. The number of hydrogen-bond donors (Lipinski definition) is 6. The molecule has 13 heteroatoms. The molecular formula is C53H105NO11S. The van der Waals surface area contributed by atoms with Gasteiger partial charge in [-0.2, -0.15) is 8.42 Å². The van der Waals surface area contributed by atoms with Crippen LogP contribution in [-0.4, -0.2) is 95.4 Å². The third-order valence-corrected chi connectivity index (χ3v) is 14.1. The number of amides is 1. The van der Waals surface area contributed by atoms with Crippen molar-refractivity contribution in [1.82, 2.24) is 5.32 Å². The maximum atomic E-state index is 13.1. The van der Waals surface area contributed by atoms with Crippen molar-refractivity contribution in [3.05, 3.63) is 0 Å². The molecule has 1 fully saturated rings. The number of carbonyl (C=O) groups excluding carboxylic acids is 1. The lowest BCUT2D eigenvalue weighted by Crippen LogP contribution is -2.61. The van der Waals surface area contributed by atoms with Crippen LogP contribution in [0.4, 0.5) is 0 Å². The molecule has 0 radical (unpaired) electrons. The second-order valence-electron chi connectivity index (χ2n) is 19.9. The topological polar surface area (TPSA) is 192 Å². The Bertz CT molecular complexity index is 1180. The SMILES string of the molecule is CCCCCCCCCCCCCCCCCCCCCCCCCCCCC(=O)NC(COC1OC(CO)C(O)C(OS(=O)(=O)O)C1O)C(O)CCCCCCCCCCCCCCC. The molecule has 6 N–H and O–H groups in total. The Morgan fingerprint density at radius 1 is 0.545 bits per heavy atom. The molecule has 0 aromatic heterocycles. The zero-order valence-electron chi connectivity index (χ0n) is 42.5. The van der Waals surface area contributed by atoms with Gasteiger partial charge in [-0.3, -0.25) is 9.35 Å². The predicted molar refractivity (Wildman–Crippen MR) is 269 cm³/mol. The van der Waals surface area contributed by atoms with Crippen molar-refractivity contribution >= 4 is 16.3 Å². The van der Waals surface area contributed by atoms with Gasteiger partial charge in [-0.05, 0) is 12.8 Å². The fourth-order valence-electron chi connectivity index (χ4n) is 9.35. The van der Waals surface area contributed by atoms with Crippen LogP contribution in [0, 0.1) is 0 Å².